The molecule has 0 saturated carbocycles. The second-order valence-electron chi connectivity index (χ2n) is 6.20. The monoisotopic (exact) mass is 290 g/mol. The number of urea groups is 1. The van der Waals surface area contributed by atoms with Crippen molar-refractivity contribution in [1.82, 2.24) is 10.6 Å². The maximum absolute atomic E-state index is 11.7. The number of amides is 2. The van der Waals surface area contributed by atoms with Gasteiger partial charge >= 0.3 is 6.03 Å². The van der Waals surface area contributed by atoms with Crippen molar-refractivity contribution >= 4 is 17.0 Å². The Hall–Kier alpha value is -2.01. The molecule has 1 aromatic heterocycles. The van der Waals surface area contributed by atoms with Crippen molar-refractivity contribution in [3.05, 3.63) is 36.1 Å². The second-order valence-corrected chi connectivity index (χ2v) is 6.20. The van der Waals surface area contributed by atoms with Crippen molar-refractivity contribution in [3.63, 3.8) is 0 Å². The number of nitrogens with one attached hydrogen (secondary N) is 2. The van der Waals surface area contributed by atoms with Crippen LogP contribution in [0.1, 0.15) is 26.5 Å². The first-order valence-corrected chi connectivity index (χ1v) is 7.03. The number of benzene rings is 1. The van der Waals surface area contributed by atoms with E-state index in [-0.39, 0.29) is 18.0 Å². The van der Waals surface area contributed by atoms with E-state index in [2.05, 4.69) is 10.6 Å². The average molecular weight is 290 g/mol. The Morgan fingerprint density at radius 2 is 2.00 bits per heavy atom. The number of para-hydroxylation sites is 1. The molecule has 2 amide bonds. The smallest absolute Gasteiger partial charge is 0.315 e. The molecule has 2 aromatic rings. The van der Waals surface area contributed by atoms with Crippen LogP contribution in [-0.2, 0) is 6.54 Å². The molecule has 2 rings (SSSR count). The van der Waals surface area contributed by atoms with Crippen molar-refractivity contribution in [1.29, 1.82) is 0 Å². The summed E-state index contributed by atoms with van der Waals surface area (Å²) in [6.07, 6.45) is -0.588. The van der Waals surface area contributed by atoms with E-state index in [0.717, 1.165) is 11.0 Å². The van der Waals surface area contributed by atoms with Crippen LogP contribution in [-0.4, -0.2) is 23.8 Å². The van der Waals surface area contributed by atoms with Crippen LogP contribution >= 0.6 is 0 Å². The standard InChI is InChI=1S/C16H22N2O3/c1-16(2,3)14(19)10-18-15(20)17-9-12-8-11-6-4-5-7-13(11)21-12/h4-8,14,19H,9-10H2,1-3H3,(H2,17,18,20). The van der Waals surface area contributed by atoms with Crippen LogP contribution in [0.2, 0.25) is 0 Å². The van der Waals surface area contributed by atoms with Gasteiger partial charge in [0, 0.05) is 11.9 Å². The largest absolute Gasteiger partial charge is 0.459 e. The maximum Gasteiger partial charge on any atom is 0.315 e. The SMILES string of the molecule is CC(C)(C)C(O)CNC(=O)NCc1cc2ccccc2o1. The Morgan fingerprint density at radius 1 is 1.29 bits per heavy atom. The summed E-state index contributed by atoms with van der Waals surface area (Å²) in [5.41, 5.74) is 0.546. The third-order valence-corrected chi connectivity index (χ3v) is 3.36. The lowest BCUT2D eigenvalue weighted by Gasteiger charge is -2.25. The van der Waals surface area contributed by atoms with E-state index in [1.165, 1.54) is 0 Å². The summed E-state index contributed by atoms with van der Waals surface area (Å²) in [7, 11) is 0. The molecule has 114 valence electrons. The van der Waals surface area contributed by atoms with Crippen LogP contribution in [0.4, 0.5) is 4.79 Å². The maximum atomic E-state index is 11.7. The molecule has 5 heteroatoms. The Bertz CT molecular complexity index is 580. The van der Waals surface area contributed by atoms with Crippen LogP contribution < -0.4 is 10.6 Å². The van der Waals surface area contributed by atoms with Crippen molar-refractivity contribution in [2.24, 2.45) is 5.41 Å². The van der Waals surface area contributed by atoms with Crippen LogP contribution in [0.3, 0.4) is 0 Å². The molecule has 1 heterocycles. The fraction of sp³-hybridized carbons (Fsp3) is 0.438. The molecule has 1 aromatic carbocycles. The highest BCUT2D eigenvalue weighted by atomic mass is 16.3. The van der Waals surface area contributed by atoms with Gasteiger partial charge in [0.15, 0.2) is 0 Å². The highest BCUT2D eigenvalue weighted by Crippen LogP contribution is 2.19. The Kier molecular flexibility index (Phi) is 4.53. The van der Waals surface area contributed by atoms with E-state index in [1.54, 1.807) is 0 Å². The molecule has 0 aliphatic carbocycles. The number of aliphatic hydroxyl groups is 1. The topological polar surface area (TPSA) is 74.5 Å². The zero-order valence-electron chi connectivity index (χ0n) is 12.6. The highest BCUT2D eigenvalue weighted by Gasteiger charge is 2.22. The van der Waals surface area contributed by atoms with E-state index in [0.29, 0.717) is 12.3 Å². The van der Waals surface area contributed by atoms with Crippen LogP contribution in [0.5, 0.6) is 0 Å². The van der Waals surface area contributed by atoms with Gasteiger partial charge in [-0.05, 0) is 17.5 Å². The summed E-state index contributed by atoms with van der Waals surface area (Å²) in [5.74, 6) is 0.697. The molecule has 5 nitrogen and oxygen atoms in total. The van der Waals surface area contributed by atoms with Crippen LogP contribution in [0, 0.1) is 5.41 Å². The van der Waals surface area contributed by atoms with E-state index in [1.807, 2.05) is 51.1 Å². The lowest BCUT2D eigenvalue weighted by Crippen LogP contribution is -2.43. The normalized spacial score (nSPS) is 13.1. The average Bonchev–Trinajstić information content (AvgIpc) is 2.84. The quantitative estimate of drug-likeness (QED) is 0.810. The summed E-state index contributed by atoms with van der Waals surface area (Å²) < 4.78 is 5.61. The van der Waals surface area contributed by atoms with E-state index in [9.17, 15) is 9.90 Å². The minimum Gasteiger partial charge on any atom is -0.459 e. The number of hydrogen-bond donors (Lipinski definition) is 3. The second kappa shape index (κ2) is 6.18. The molecule has 1 unspecified atom stereocenters. The summed E-state index contributed by atoms with van der Waals surface area (Å²) in [6.45, 7) is 6.30. The molecule has 0 fully saturated rings. The van der Waals surface area contributed by atoms with Crippen molar-refractivity contribution in [2.45, 2.75) is 33.4 Å². The van der Waals surface area contributed by atoms with Gasteiger partial charge in [0.2, 0.25) is 0 Å². The molecule has 21 heavy (non-hydrogen) atoms. The van der Waals surface area contributed by atoms with Gasteiger partial charge in [-0.25, -0.2) is 4.79 Å². The molecule has 0 radical (unpaired) electrons. The molecule has 0 spiro atoms. The van der Waals surface area contributed by atoms with Gasteiger partial charge in [0.1, 0.15) is 11.3 Å². The molecule has 1 atom stereocenters. The lowest BCUT2D eigenvalue weighted by molar-refractivity contribution is 0.0649. The van der Waals surface area contributed by atoms with Crippen molar-refractivity contribution in [2.75, 3.05) is 6.54 Å². The molecular formula is C16H22N2O3. The van der Waals surface area contributed by atoms with Gasteiger partial charge < -0.3 is 20.2 Å². The van der Waals surface area contributed by atoms with Gasteiger partial charge in [-0.2, -0.15) is 0 Å². The Balaban J connectivity index is 1.81. The predicted octanol–water partition coefficient (Wildman–Crippen LogP) is 2.64. The first-order valence-electron chi connectivity index (χ1n) is 7.03. The fourth-order valence-electron chi connectivity index (χ4n) is 1.85. The number of hydrogen-bond acceptors (Lipinski definition) is 3. The Morgan fingerprint density at radius 3 is 2.67 bits per heavy atom. The zero-order valence-corrected chi connectivity index (χ0v) is 12.6. The number of fused-ring (bicyclic) bond motifs is 1. The third kappa shape index (κ3) is 4.23. The van der Waals surface area contributed by atoms with Gasteiger partial charge in [0.25, 0.3) is 0 Å². The summed E-state index contributed by atoms with van der Waals surface area (Å²) in [6, 6.07) is 9.28. The first kappa shape index (κ1) is 15.4. The van der Waals surface area contributed by atoms with Gasteiger partial charge in [-0.3, -0.25) is 0 Å². The van der Waals surface area contributed by atoms with Crippen molar-refractivity contribution in [3.8, 4) is 0 Å². The van der Waals surface area contributed by atoms with Gasteiger partial charge in [0.05, 0.1) is 12.6 Å². The molecule has 3 N–H and O–H groups in total. The number of carbonyl (C=O) groups is 1. The number of furan rings is 1. The predicted molar refractivity (Wildman–Crippen MR) is 81.9 cm³/mol. The van der Waals surface area contributed by atoms with Gasteiger partial charge in [-0.1, -0.05) is 39.0 Å². The zero-order chi connectivity index (χ0) is 15.5. The van der Waals surface area contributed by atoms with Gasteiger partial charge in [-0.15, -0.1) is 0 Å². The Labute approximate surface area is 124 Å². The third-order valence-electron chi connectivity index (χ3n) is 3.36. The molecule has 0 saturated heterocycles. The summed E-state index contributed by atoms with van der Waals surface area (Å²) >= 11 is 0. The number of carbonyl (C=O) groups excluding carboxylic acids is 1. The molecule has 0 bridgehead atoms. The number of rotatable bonds is 4. The minimum atomic E-state index is -0.588. The van der Waals surface area contributed by atoms with Crippen LogP contribution in [0.15, 0.2) is 34.7 Å². The first-order chi connectivity index (χ1) is 9.86. The lowest BCUT2D eigenvalue weighted by atomic mass is 9.89. The highest BCUT2D eigenvalue weighted by molar-refractivity contribution is 5.78. The van der Waals surface area contributed by atoms with E-state index >= 15 is 0 Å². The van der Waals surface area contributed by atoms with Crippen molar-refractivity contribution < 1.29 is 14.3 Å². The van der Waals surface area contributed by atoms with E-state index < -0.39 is 6.10 Å². The molecule has 0 aliphatic heterocycles. The molecular weight excluding hydrogens is 268 g/mol. The summed E-state index contributed by atoms with van der Waals surface area (Å²) in [4.78, 5) is 11.7. The fourth-order valence-corrected chi connectivity index (χ4v) is 1.85. The minimum absolute atomic E-state index is 0.218. The molecule has 0 aliphatic rings. The van der Waals surface area contributed by atoms with E-state index in [4.69, 9.17) is 4.42 Å². The summed E-state index contributed by atoms with van der Waals surface area (Å²) in [5, 5.41) is 16.2. The van der Waals surface area contributed by atoms with Crippen LogP contribution in [0.25, 0.3) is 11.0 Å². The number of aliphatic hydroxyl groups excluding tert-OH is 1.